The molecule has 0 bridgehead atoms. The Balaban J connectivity index is 2.24. The second kappa shape index (κ2) is 5.65. The van der Waals surface area contributed by atoms with Gasteiger partial charge in [0.2, 0.25) is 5.91 Å². The van der Waals surface area contributed by atoms with E-state index in [-0.39, 0.29) is 18.9 Å². The molecular formula is C11H12BrFN2O4S. The predicted octanol–water partition coefficient (Wildman–Crippen LogP) is 1.50. The van der Waals surface area contributed by atoms with Gasteiger partial charge in [0, 0.05) is 29.6 Å². The monoisotopic (exact) mass is 366 g/mol. The molecule has 0 aromatic carbocycles. The molecule has 1 unspecified atom stereocenters. The summed E-state index contributed by atoms with van der Waals surface area (Å²) in [5, 5.41) is 0. The van der Waals surface area contributed by atoms with Gasteiger partial charge in [-0.3, -0.25) is 9.69 Å². The second-order valence-corrected chi connectivity index (χ2v) is 6.79. The summed E-state index contributed by atoms with van der Waals surface area (Å²) in [6.07, 6.45) is 1.48. The number of rotatable bonds is 4. The number of methoxy groups -OCH3 is 1. The van der Waals surface area contributed by atoms with Crippen molar-refractivity contribution in [3.8, 4) is 5.75 Å². The maximum atomic E-state index is 12.7. The first-order valence-electron chi connectivity index (χ1n) is 5.72. The van der Waals surface area contributed by atoms with Crippen molar-refractivity contribution >= 4 is 37.9 Å². The molecule has 1 atom stereocenters. The third-order valence-corrected chi connectivity index (χ3v) is 4.22. The third-order valence-electron chi connectivity index (χ3n) is 2.92. The Morgan fingerprint density at radius 3 is 2.90 bits per heavy atom. The molecule has 0 N–H and O–H groups in total. The molecule has 1 aromatic heterocycles. The lowest BCUT2D eigenvalue weighted by molar-refractivity contribution is -0.117. The number of anilines is 1. The molecule has 1 amide bonds. The summed E-state index contributed by atoms with van der Waals surface area (Å²) in [6.45, 7) is 0.104. The van der Waals surface area contributed by atoms with Crippen LogP contribution in [0, 0.1) is 5.92 Å². The van der Waals surface area contributed by atoms with Gasteiger partial charge in [-0.2, -0.15) is 8.42 Å². The van der Waals surface area contributed by atoms with Crippen molar-refractivity contribution in [2.24, 2.45) is 5.92 Å². The van der Waals surface area contributed by atoms with Crippen LogP contribution in [0.5, 0.6) is 5.75 Å². The van der Waals surface area contributed by atoms with Crippen molar-refractivity contribution in [1.82, 2.24) is 4.98 Å². The number of pyridine rings is 1. The SMILES string of the molecule is COc1cc(Br)cnc1N1CC(CS(=O)(=O)F)CC1=O. The Hall–Kier alpha value is -1.22. The number of ether oxygens (including phenoxy) is 1. The van der Waals surface area contributed by atoms with E-state index < -0.39 is 21.9 Å². The number of carbonyl (C=O) groups excluding carboxylic acids is 1. The zero-order valence-corrected chi connectivity index (χ0v) is 12.9. The number of nitrogens with zero attached hydrogens (tertiary/aromatic N) is 2. The predicted molar refractivity (Wildman–Crippen MR) is 73.8 cm³/mol. The minimum absolute atomic E-state index is 0.0238. The second-order valence-electron chi connectivity index (χ2n) is 4.46. The average molecular weight is 367 g/mol. The first kappa shape index (κ1) is 15.2. The Bertz CT molecular complexity index is 637. The van der Waals surface area contributed by atoms with Crippen LogP contribution in [0.1, 0.15) is 6.42 Å². The summed E-state index contributed by atoms with van der Waals surface area (Å²) in [5.41, 5.74) is 0. The molecule has 0 radical (unpaired) electrons. The molecule has 0 saturated carbocycles. The molecule has 1 saturated heterocycles. The molecule has 0 aliphatic carbocycles. The molecule has 2 heterocycles. The number of carbonyl (C=O) groups is 1. The normalized spacial score (nSPS) is 19.4. The van der Waals surface area contributed by atoms with Crippen molar-refractivity contribution in [3.63, 3.8) is 0 Å². The van der Waals surface area contributed by atoms with E-state index in [1.807, 2.05) is 0 Å². The summed E-state index contributed by atoms with van der Waals surface area (Å²) >= 11 is 3.24. The van der Waals surface area contributed by atoms with Crippen molar-refractivity contribution < 1.29 is 21.8 Å². The van der Waals surface area contributed by atoms with Crippen LogP contribution in [-0.4, -0.2) is 38.7 Å². The van der Waals surface area contributed by atoms with E-state index in [0.717, 1.165) is 0 Å². The Morgan fingerprint density at radius 2 is 2.30 bits per heavy atom. The van der Waals surface area contributed by atoms with Crippen molar-refractivity contribution in [3.05, 3.63) is 16.7 Å². The maximum Gasteiger partial charge on any atom is 0.302 e. The summed E-state index contributed by atoms with van der Waals surface area (Å²) in [4.78, 5) is 17.3. The van der Waals surface area contributed by atoms with Gasteiger partial charge in [-0.1, -0.05) is 0 Å². The van der Waals surface area contributed by atoms with Crippen LogP contribution in [0.4, 0.5) is 9.70 Å². The molecule has 9 heteroatoms. The topological polar surface area (TPSA) is 76.6 Å². The van der Waals surface area contributed by atoms with Crippen LogP contribution >= 0.6 is 15.9 Å². The van der Waals surface area contributed by atoms with Crippen LogP contribution in [0.25, 0.3) is 0 Å². The van der Waals surface area contributed by atoms with Crippen LogP contribution in [0.15, 0.2) is 16.7 Å². The van der Waals surface area contributed by atoms with Gasteiger partial charge < -0.3 is 4.74 Å². The highest BCUT2D eigenvalue weighted by molar-refractivity contribution is 9.10. The summed E-state index contributed by atoms with van der Waals surface area (Å²) < 4.78 is 39.8. The zero-order valence-electron chi connectivity index (χ0n) is 10.5. The van der Waals surface area contributed by atoms with Crippen LogP contribution in [0.2, 0.25) is 0 Å². The molecule has 1 aliphatic heterocycles. The molecule has 6 nitrogen and oxygen atoms in total. The van der Waals surface area contributed by atoms with E-state index in [1.54, 1.807) is 6.07 Å². The molecule has 2 rings (SSSR count). The number of amides is 1. The van der Waals surface area contributed by atoms with E-state index in [0.29, 0.717) is 16.0 Å². The molecule has 0 spiro atoms. The zero-order chi connectivity index (χ0) is 14.9. The van der Waals surface area contributed by atoms with E-state index in [9.17, 15) is 17.1 Å². The highest BCUT2D eigenvalue weighted by Gasteiger charge is 2.35. The van der Waals surface area contributed by atoms with Gasteiger partial charge >= 0.3 is 10.2 Å². The fourth-order valence-corrected chi connectivity index (χ4v) is 3.24. The van der Waals surface area contributed by atoms with E-state index in [4.69, 9.17) is 4.74 Å². The summed E-state index contributed by atoms with van der Waals surface area (Å²) in [6, 6.07) is 1.65. The largest absolute Gasteiger partial charge is 0.493 e. The van der Waals surface area contributed by atoms with Crippen molar-refractivity contribution in [1.29, 1.82) is 0 Å². The van der Waals surface area contributed by atoms with Gasteiger partial charge in [-0.15, -0.1) is 3.89 Å². The first-order valence-corrected chi connectivity index (χ1v) is 8.07. The van der Waals surface area contributed by atoms with E-state index in [1.165, 1.54) is 18.2 Å². The van der Waals surface area contributed by atoms with Crippen LogP contribution in [0.3, 0.4) is 0 Å². The van der Waals surface area contributed by atoms with Crippen LogP contribution in [-0.2, 0) is 15.0 Å². The number of aromatic nitrogens is 1. The third kappa shape index (κ3) is 3.45. The number of halogens is 2. The number of hydrogen-bond acceptors (Lipinski definition) is 5. The van der Waals surface area contributed by atoms with Gasteiger partial charge in [0.1, 0.15) is 0 Å². The Morgan fingerprint density at radius 1 is 1.60 bits per heavy atom. The van der Waals surface area contributed by atoms with Gasteiger partial charge in [-0.05, 0) is 22.0 Å². The molecular weight excluding hydrogens is 355 g/mol. The highest BCUT2D eigenvalue weighted by Crippen LogP contribution is 2.33. The smallest absolute Gasteiger partial charge is 0.302 e. The summed E-state index contributed by atoms with van der Waals surface area (Å²) in [7, 11) is -3.16. The minimum atomic E-state index is -4.60. The lowest BCUT2D eigenvalue weighted by Gasteiger charge is -2.18. The fourth-order valence-electron chi connectivity index (χ4n) is 2.15. The fraction of sp³-hybridized carbons (Fsp3) is 0.455. The molecule has 1 aromatic rings. The highest BCUT2D eigenvalue weighted by atomic mass is 79.9. The Kier molecular flexibility index (Phi) is 4.28. The van der Waals surface area contributed by atoms with Crippen LogP contribution < -0.4 is 9.64 Å². The molecule has 1 aliphatic rings. The molecule has 1 fully saturated rings. The van der Waals surface area contributed by atoms with E-state index >= 15 is 0 Å². The van der Waals surface area contributed by atoms with Gasteiger partial charge in [0.15, 0.2) is 11.6 Å². The van der Waals surface area contributed by atoms with Gasteiger partial charge in [-0.25, -0.2) is 4.98 Å². The minimum Gasteiger partial charge on any atom is -0.493 e. The Labute approximate surface area is 124 Å². The maximum absolute atomic E-state index is 12.7. The van der Waals surface area contributed by atoms with E-state index in [2.05, 4.69) is 20.9 Å². The lowest BCUT2D eigenvalue weighted by atomic mass is 10.1. The quantitative estimate of drug-likeness (QED) is 0.754. The lowest BCUT2D eigenvalue weighted by Crippen LogP contribution is -2.26. The van der Waals surface area contributed by atoms with Crippen molar-refractivity contribution in [2.45, 2.75) is 6.42 Å². The molecule has 110 valence electrons. The van der Waals surface area contributed by atoms with Crippen molar-refractivity contribution in [2.75, 3.05) is 24.3 Å². The average Bonchev–Trinajstić information content (AvgIpc) is 2.67. The first-order chi connectivity index (χ1) is 9.30. The molecule has 20 heavy (non-hydrogen) atoms. The number of hydrogen-bond donors (Lipinski definition) is 0. The standard InChI is InChI=1S/C11H12BrFN2O4S/c1-19-9-3-8(12)4-14-11(9)15-5-7(2-10(15)16)6-20(13,17)18/h3-4,7H,2,5-6H2,1H3. The van der Waals surface area contributed by atoms with Gasteiger partial charge in [0.25, 0.3) is 0 Å². The van der Waals surface area contributed by atoms with Gasteiger partial charge in [0.05, 0.1) is 12.9 Å². The summed E-state index contributed by atoms with van der Waals surface area (Å²) in [5.74, 6) is -0.843.